The number of nitrogens with one attached hydrogen (secondary N) is 1. The Labute approximate surface area is 201 Å². The van der Waals surface area contributed by atoms with Gasteiger partial charge >= 0.3 is 0 Å². The van der Waals surface area contributed by atoms with E-state index in [0.717, 1.165) is 16.8 Å². The number of thioether (sulfide) groups is 1. The van der Waals surface area contributed by atoms with Crippen molar-refractivity contribution in [2.75, 3.05) is 5.75 Å². The molecule has 0 saturated heterocycles. The monoisotopic (exact) mass is 472 g/mol. The molecule has 0 radical (unpaired) electrons. The van der Waals surface area contributed by atoms with Gasteiger partial charge in [0.25, 0.3) is 11.5 Å². The number of aromatic nitrogens is 2. The highest BCUT2D eigenvalue weighted by Gasteiger charge is 2.16. The number of amides is 1. The number of nitrogens with zero attached hydrogens (tertiary/aromatic N) is 3. The van der Waals surface area contributed by atoms with Crippen molar-refractivity contribution in [3.8, 4) is 11.4 Å². The number of para-hydroxylation sites is 2. The van der Waals surface area contributed by atoms with Crippen LogP contribution in [0.2, 0.25) is 0 Å². The third-order valence-electron chi connectivity index (χ3n) is 5.28. The first kappa shape index (κ1) is 23.3. The molecule has 34 heavy (non-hydrogen) atoms. The molecule has 0 aliphatic heterocycles. The fourth-order valence-electron chi connectivity index (χ4n) is 3.53. The van der Waals surface area contributed by atoms with Gasteiger partial charge in [0.05, 0.1) is 28.1 Å². The van der Waals surface area contributed by atoms with Crippen molar-refractivity contribution < 1.29 is 9.90 Å². The normalized spacial score (nSPS) is 11.5. The predicted octanol–water partition coefficient (Wildman–Crippen LogP) is 4.42. The van der Waals surface area contributed by atoms with Gasteiger partial charge in [0.2, 0.25) is 0 Å². The summed E-state index contributed by atoms with van der Waals surface area (Å²) in [4.78, 5) is 30.6. The predicted molar refractivity (Wildman–Crippen MR) is 136 cm³/mol. The maximum absolute atomic E-state index is 13.4. The Morgan fingerprint density at radius 1 is 1.06 bits per heavy atom. The van der Waals surface area contributed by atoms with E-state index in [2.05, 4.69) is 15.5 Å². The molecule has 8 heteroatoms. The summed E-state index contributed by atoms with van der Waals surface area (Å²) in [5, 5.41) is 14.7. The minimum atomic E-state index is -0.312. The fraction of sp³-hybridized carbons (Fsp3) is 0.154. The second-order valence-corrected chi connectivity index (χ2v) is 8.56. The van der Waals surface area contributed by atoms with Gasteiger partial charge in [0.1, 0.15) is 5.75 Å². The van der Waals surface area contributed by atoms with Gasteiger partial charge in [-0.2, -0.15) is 5.10 Å². The first-order chi connectivity index (χ1) is 16.5. The van der Waals surface area contributed by atoms with E-state index in [0.29, 0.717) is 28.2 Å². The lowest BCUT2D eigenvalue weighted by Crippen LogP contribution is -2.25. The quantitative estimate of drug-likeness (QED) is 0.180. The van der Waals surface area contributed by atoms with Crippen LogP contribution in [-0.2, 0) is 4.79 Å². The third-order valence-corrected chi connectivity index (χ3v) is 6.22. The highest BCUT2D eigenvalue weighted by molar-refractivity contribution is 7.99. The van der Waals surface area contributed by atoms with E-state index in [1.165, 1.54) is 11.8 Å². The average molecular weight is 473 g/mol. The number of hydrazone groups is 1. The number of benzene rings is 3. The first-order valence-corrected chi connectivity index (χ1v) is 11.8. The van der Waals surface area contributed by atoms with Gasteiger partial charge < -0.3 is 5.11 Å². The highest BCUT2D eigenvalue weighted by Crippen LogP contribution is 2.23. The Hall–Kier alpha value is -3.91. The Bertz CT molecular complexity index is 1430. The molecule has 0 aliphatic rings. The van der Waals surface area contributed by atoms with Gasteiger partial charge in [-0.25, -0.2) is 10.4 Å². The molecule has 1 amide bonds. The minimum Gasteiger partial charge on any atom is -0.508 e. The smallest absolute Gasteiger partial charge is 0.266 e. The van der Waals surface area contributed by atoms with E-state index in [4.69, 9.17) is 0 Å². The molecule has 0 atom stereocenters. The van der Waals surface area contributed by atoms with Crippen LogP contribution in [0.1, 0.15) is 24.5 Å². The van der Waals surface area contributed by atoms with Gasteiger partial charge in [0.15, 0.2) is 5.16 Å². The lowest BCUT2D eigenvalue weighted by molar-refractivity contribution is -0.118. The van der Waals surface area contributed by atoms with E-state index in [-0.39, 0.29) is 23.0 Å². The van der Waals surface area contributed by atoms with E-state index in [1.807, 2.05) is 50.2 Å². The minimum absolute atomic E-state index is 0.0345. The van der Waals surface area contributed by atoms with Gasteiger partial charge in [-0.15, -0.1) is 0 Å². The van der Waals surface area contributed by atoms with Crippen molar-refractivity contribution in [2.45, 2.75) is 25.4 Å². The number of carbonyl (C=O) groups excluding carboxylic acids is 1. The van der Waals surface area contributed by atoms with Crippen LogP contribution in [0.3, 0.4) is 0 Å². The summed E-state index contributed by atoms with van der Waals surface area (Å²) in [5.74, 6) is -0.108. The number of hydrogen-bond donors (Lipinski definition) is 2. The number of rotatable bonds is 7. The summed E-state index contributed by atoms with van der Waals surface area (Å²) in [6.45, 7) is 3.87. The van der Waals surface area contributed by atoms with Gasteiger partial charge in [-0.1, -0.05) is 49.0 Å². The second kappa shape index (κ2) is 10.4. The molecule has 0 bridgehead atoms. The maximum atomic E-state index is 13.4. The van der Waals surface area contributed by atoms with Crippen LogP contribution in [0.25, 0.3) is 16.6 Å². The molecule has 1 aromatic heterocycles. The number of phenols is 1. The number of phenolic OH excluding ortho intramolecular Hbond substituents is 1. The van der Waals surface area contributed by atoms with Crippen molar-refractivity contribution >= 4 is 34.3 Å². The first-order valence-electron chi connectivity index (χ1n) is 10.8. The number of fused-ring (bicyclic) bond motifs is 1. The SMILES string of the molecule is CCC(=NNC(=O)CSc1nc2ccccc2c(=O)n1-c1ccccc1C)c1ccc(O)cc1. The molecule has 2 N–H and O–H groups in total. The molecule has 0 aliphatic carbocycles. The molecule has 7 nitrogen and oxygen atoms in total. The molecule has 0 spiro atoms. The topological polar surface area (TPSA) is 96.6 Å². The largest absolute Gasteiger partial charge is 0.508 e. The Kier molecular flexibility index (Phi) is 7.08. The molecule has 0 saturated carbocycles. The van der Waals surface area contributed by atoms with E-state index in [9.17, 15) is 14.7 Å². The lowest BCUT2D eigenvalue weighted by atomic mass is 10.1. The van der Waals surface area contributed by atoms with Crippen molar-refractivity contribution in [1.29, 1.82) is 0 Å². The fourth-order valence-corrected chi connectivity index (χ4v) is 4.33. The van der Waals surface area contributed by atoms with Crippen LogP contribution in [0.4, 0.5) is 0 Å². The van der Waals surface area contributed by atoms with E-state index in [1.54, 1.807) is 41.0 Å². The number of aryl methyl sites for hydroxylation is 1. The van der Waals surface area contributed by atoms with Crippen LogP contribution >= 0.6 is 11.8 Å². The number of aromatic hydroxyl groups is 1. The van der Waals surface area contributed by atoms with Crippen molar-refractivity contribution in [3.05, 3.63) is 94.3 Å². The molecule has 4 rings (SSSR count). The van der Waals surface area contributed by atoms with E-state index < -0.39 is 0 Å². The maximum Gasteiger partial charge on any atom is 0.266 e. The second-order valence-electron chi connectivity index (χ2n) is 7.62. The number of hydrogen-bond acceptors (Lipinski definition) is 6. The number of carbonyl (C=O) groups is 1. The van der Waals surface area contributed by atoms with Crippen molar-refractivity contribution in [2.24, 2.45) is 5.10 Å². The summed E-state index contributed by atoms with van der Waals surface area (Å²) in [7, 11) is 0. The van der Waals surface area contributed by atoms with E-state index >= 15 is 0 Å². The van der Waals surface area contributed by atoms with Crippen LogP contribution < -0.4 is 11.0 Å². The zero-order valence-corrected chi connectivity index (χ0v) is 19.7. The third kappa shape index (κ3) is 5.02. The Balaban J connectivity index is 1.60. The molecule has 4 aromatic rings. The van der Waals surface area contributed by atoms with Crippen LogP contribution in [0, 0.1) is 6.92 Å². The molecule has 172 valence electrons. The zero-order chi connectivity index (χ0) is 24.1. The molecule has 0 unspecified atom stereocenters. The summed E-state index contributed by atoms with van der Waals surface area (Å²) in [6.07, 6.45) is 0.608. The molecular formula is C26H24N4O3S. The van der Waals surface area contributed by atoms with Gasteiger partial charge in [-0.05, 0) is 66.9 Å². The van der Waals surface area contributed by atoms with Gasteiger partial charge in [-0.3, -0.25) is 14.2 Å². The Morgan fingerprint density at radius 3 is 2.50 bits per heavy atom. The summed E-state index contributed by atoms with van der Waals surface area (Å²) >= 11 is 1.18. The summed E-state index contributed by atoms with van der Waals surface area (Å²) in [6, 6.07) is 21.4. The molecule has 1 heterocycles. The Morgan fingerprint density at radius 2 is 1.76 bits per heavy atom. The lowest BCUT2D eigenvalue weighted by Gasteiger charge is -2.15. The van der Waals surface area contributed by atoms with Crippen molar-refractivity contribution in [3.63, 3.8) is 0 Å². The van der Waals surface area contributed by atoms with Crippen LogP contribution in [0.15, 0.2) is 87.8 Å². The molecule has 3 aromatic carbocycles. The molecular weight excluding hydrogens is 448 g/mol. The molecule has 0 fully saturated rings. The van der Waals surface area contributed by atoms with Crippen molar-refractivity contribution in [1.82, 2.24) is 15.0 Å². The summed E-state index contributed by atoms with van der Waals surface area (Å²) < 4.78 is 1.56. The van der Waals surface area contributed by atoms with Gasteiger partial charge in [0, 0.05) is 0 Å². The summed E-state index contributed by atoms with van der Waals surface area (Å²) in [5.41, 5.74) is 6.16. The highest BCUT2D eigenvalue weighted by atomic mass is 32.2. The standard InChI is InChI=1S/C26H24N4O3S/c1-3-21(18-12-14-19(31)15-13-18)28-29-24(32)16-34-26-27-22-10-6-5-9-20(22)25(33)30(26)23-11-7-4-8-17(23)2/h4-15,31H,3,16H2,1-2H3,(H,29,32). The van der Waals surface area contributed by atoms with Crippen LogP contribution in [0.5, 0.6) is 5.75 Å². The van der Waals surface area contributed by atoms with Crippen LogP contribution in [-0.4, -0.2) is 32.0 Å². The average Bonchev–Trinajstić information content (AvgIpc) is 2.85. The zero-order valence-electron chi connectivity index (χ0n) is 18.9.